The van der Waals surface area contributed by atoms with E-state index >= 15 is 0 Å². The second kappa shape index (κ2) is 9.42. The minimum atomic E-state index is 0.0732. The number of benzene rings is 2. The lowest BCUT2D eigenvalue weighted by molar-refractivity contribution is 0.0507. The van der Waals surface area contributed by atoms with E-state index in [1.807, 2.05) is 23.1 Å². The number of ether oxygens (including phenoxy) is 2. The molecule has 2 fully saturated rings. The molecule has 1 unspecified atom stereocenters. The van der Waals surface area contributed by atoms with Gasteiger partial charge in [0.05, 0.1) is 24.9 Å². The molecule has 1 amide bonds. The van der Waals surface area contributed by atoms with Crippen molar-refractivity contribution in [2.24, 2.45) is 0 Å². The Hall–Kier alpha value is -2.37. The van der Waals surface area contributed by atoms with Gasteiger partial charge in [-0.3, -0.25) is 4.79 Å². The molecule has 0 aromatic heterocycles. The van der Waals surface area contributed by atoms with Crippen molar-refractivity contribution in [3.63, 3.8) is 0 Å². The highest BCUT2D eigenvalue weighted by atomic mass is 16.5. The van der Waals surface area contributed by atoms with E-state index in [2.05, 4.69) is 42.2 Å². The van der Waals surface area contributed by atoms with Gasteiger partial charge in [0.2, 0.25) is 0 Å². The number of carbonyl (C=O) groups excluding carboxylic acids is 1. The van der Waals surface area contributed by atoms with Gasteiger partial charge < -0.3 is 19.3 Å². The number of carbonyl (C=O) groups is 1. The Kier molecular flexibility index (Phi) is 6.47. The normalized spacial score (nSPS) is 19.3. The molecule has 2 aromatic carbocycles. The van der Waals surface area contributed by atoms with Crippen molar-refractivity contribution in [2.45, 2.75) is 32.4 Å². The summed E-state index contributed by atoms with van der Waals surface area (Å²) in [5.74, 6) is 0.0732. The first kappa shape index (κ1) is 19.9. The van der Waals surface area contributed by atoms with Crippen LogP contribution in [0.25, 0.3) is 0 Å². The highest BCUT2D eigenvalue weighted by molar-refractivity contribution is 5.99. The van der Waals surface area contributed by atoms with Crippen molar-refractivity contribution in [1.29, 1.82) is 0 Å². The predicted molar refractivity (Wildman–Crippen MR) is 114 cm³/mol. The van der Waals surface area contributed by atoms with E-state index in [1.54, 1.807) is 0 Å². The lowest BCUT2D eigenvalue weighted by Crippen LogP contribution is -2.40. The monoisotopic (exact) mass is 394 g/mol. The summed E-state index contributed by atoms with van der Waals surface area (Å²) >= 11 is 0. The summed E-state index contributed by atoms with van der Waals surface area (Å²) in [6, 6.07) is 16.4. The molecular weight excluding hydrogens is 364 g/mol. The number of morpholine rings is 1. The van der Waals surface area contributed by atoms with Gasteiger partial charge in [-0.1, -0.05) is 42.0 Å². The molecule has 29 heavy (non-hydrogen) atoms. The van der Waals surface area contributed by atoms with Gasteiger partial charge in [0, 0.05) is 38.5 Å². The number of rotatable bonds is 6. The van der Waals surface area contributed by atoms with Crippen molar-refractivity contribution >= 4 is 11.6 Å². The van der Waals surface area contributed by atoms with Gasteiger partial charge in [-0.2, -0.15) is 0 Å². The van der Waals surface area contributed by atoms with Gasteiger partial charge in [0.25, 0.3) is 5.91 Å². The molecule has 4 rings (SSSR count). The lowest BCUT2D eigenvalue weighted by Gasteiger charge is -2.32. The Balaban J connectivity index is 1.60. The average molecular weight is 395 g/mol. The summed E-state index contributed by atoms with van der Waals surface area (Å²) in [6.07, 6.45) is 2.21. The standard InChI is InChI=1S/C24H30N2O3/c1-19-6-4-7-20(16-19)17-26(18-21-8-5-13-29-21)24(27)22-9-2-3-10-23(22)25-11-14-28-15-12-25/h2-4,6-7,9-10,16,21H,5,8,11-15,17-18H2,1H3. The third-order valence-electron chi connectivity index (χ3n) is 5.68. The second-order valence-corrected chi connectivity index (χ2v) is 7.93. The molecule has 154 valence electrons. The molecule has 2 heterocycles. The van der Waals surface area contributed by atoms with Crippen LogP contribution in [0.1, 0.15) is 34.3 Å². The smallest absolute Gasteiger partial charge is 0.256 e. The van der Waals surface area contributed by atoms with Crippen LogP contribution in [0.2, 0.25) is 0 Å². The summed E-state index contributed by atoms with van der Waals surface area (Å²) in [5.41, 5.74) is 4.13. The number of nitrogens with zero attached hydrogens (tertiary/aromatic N) is 2. The number of amides is 1. The molecule has 0 spiro atoms. The van der Waals surface area contributed by atoms with E-state index in [0.717, 1.165) is 49.4 Å². The Morgan fingerprint density at radius 2 is 1.93 bits per heavy atom. The Morgan fingerprint density at radius 1 is 1.10 bits per heavy atom. The van der Waals surface area contributed by atoms with E-state index in [0.29, 0.717) is 26.3 Å². The predicted octanol–water partition coefficient (Wildman–Crippen LogP) is 3.65. The molecule has 0 radical (unpaired) electrons. The number of anilines is 1. The number of para-hydroxylation sites is 1. The highest BCUT2D eigenvalue weighted by Gasteiger charge is 2.26. The summed E-state index contributed by atoms with van der Waals surface area (Å²) in [7, 11) is 0. The van der Waals surface area contributed by atoms with Gasteiger partial charge in [-0.25, -0.2) is 0 Å². The van der Waals surface area contributed by atoms with E-state index in [-0.39, 0.29) is 12.0 Å². The first-order chi connectivity index (χ1) is 14.2. The van der Waals surface area contributed by atoms with Gasteiger partial charge >= 0.3 is 0 Å². The average Bonchev–Trinajstić information content (AvgIpc) is 3.27. The molecular formula is C24H30N2O3. The van der Waals surface area contributed by atoms with Crippen LogP contribution in [0.3, 0.4) is 0 Å². The van der Waals surface area contributed by atoms with Crippen molar-refractivity contribution < 1.29 is 14.3 Å². The van der Waals surface area contributed by atoms with Crippen LogP contribution in [-0.2, 0) is 16.0 Å². The SMILES string of the molecule is Cc1cccc(CN(CC2CCCO2)C(=O)c2ccccc2N2CCOCC2)c1. The van der Waals surface area contributed by atoms with Crippen molar-refractivity contribution in [3.8, 4) is 0 Å². The van der Waals surface area contributed by atoms with E-state index in [4.69, 9.17) is 9.47 Å². The van der Waals surface area contributed by atoms with Crippen LogP contribution in [0, 0.1) is 6.92 Å². The summed E-state index contributed by atoms with van der Waals surface area (Å²) in [5, 5.41) is 0. The third-order valence-corrected chi connectivity index (χ3v) is 5.68. The Labute approximate surface area is 173 Å². The van der Waals surface area contributed by atoms with E-state index in [1.165, 1.54) is 5.56 Å². The maximum atomic E-state index is 13.7. The highest BCUT2D eigenvalue weighted by Crippen LogP contribution is 2.25. The van der Waals surface area contributed by atoms with Crippen LogP contribution in [-0.4, -0.2) is 56.4 Å². The zero-order valence-corrected chi connectivity index (χ0v) is 17.2. The fourth-order valence-electron chi connectivity index (χ4n) is 4.19. The molecule has 2 aliphatic rings. The van der Waals surface area contributed by atoms with Gasteiger partial charge in [-0.15, -0.1) is 0 Å². The Morgan fingerprint density at radius 3 is 2.69 bits per heavy atom. The molecule has 5 nitrogen and oxygen atoms in total. The zero-order chi connectivity index (χ0) is 20.1. The fourth-order valence-corrected chi connectivity index (χ4v) is 4.19. The minimum Gasteiger partial charge on any atom is -0.378 e. The van der Waals surface area contributed by atoms with Crippen LogP contribution in [0.5, 0.6) is 0 Å². The largest absolute Gasteiger partial charge is 0.378 e. The van der Waals surface area contributed by atoms with Crippen LogP contribution >= 0.6 is 0 Å². The Bertz CT molecular complexity index is 826. The molecule has 2 aliphatic heterocycles. The van der Waals surface area contributed by atoms with Crippen molar-refractivity contribution in [3.05, 3.63) is 65.2 Å². The first-order valence-electron chi connectivity index (χ1n) is 10.6. The van der Waals surface area contributed by atoms with Crippen molar-refractivity contribution in [1.82, 2.24) is 4.90 Å². The second-order valence-electron chi connectivity index (χ2n) is 7.93. The maximum absolute atomic E-state index is 13.7. The first-order valence-corrected chi connectivity index (χ1v) is 10.6. The lowest BCUT2D eigenvalue weighted by atomic mass is 10.1. The van der Waals surface area contributed by atoms with Gasteiger partial charge in [-0.05, 0) is 37.5 Å². The van der Waals surface area contributed by atoms with E-state index < -0.39 is 0 Å². The molecule has 0 aliphatic carbocycles. The maximum Gasteiger partial charge on any atom is 0.256 e. The van der Waals surface area contributed by atoms with E-state index in [9.17, 15) is 4.79 Å². The zero-order valence-electron chi connectivity index (χ0n) is 17.2. The minimum absolute atomic E-state index is 0.0732. The van der Waals surface area contributed by atoms with Crippen LogP contribution in [0.15, 0.2) is 48.5 Å². The number of aryl methyl sites for hydroxylation is 1. The number of hydrogen-bond donors (Lipinski definition) is 0. The summed E-state index contributed by atoms with van der Waals surface area (Å²) < 4.78 is 11.4. The topological polar surface area (TPSA) is 42.0 Å². The van der Waals surface area contributed by atoms with Crippen LogP contribution in [0.4, 0.5) is 5.69 Å². The summed E-state index contributed by atoms with van der Waals surface area (Å²) in [6.45, 7) is 7.13. The molecule has 0 bridgehead atoms. The molecule has 2 saturated heterocycles. The quantitative estimate of drug-likeness (QED) is 0.750. The molecule has 0 saturated carbocycles. The molecule has 1 atom stereocenters. The molecule has 5 heteroatoms. The number of hydrogen-bond acceptors (Lipinski definition) is 4. The summed E-state index contributed by atoms with van der Waals surface area (Å²) in [4.78, 5) is 17.9. The van der Waals surface area contributed by atoms with Gasteiger partial charge in [0.1, 0.15) is 0 Å². The fraction of sp³-hybridized carbons (Fsp3) is 0.458. The van der Waals surface area contributed by atoms with Crippen LogP contribution < -0.4 is 4.90 Å². The van der Waals surface area contributed by atoms with Gasteiger partial charge in [0.15, 0.2) is 0 Å². The third kappa shape index (κ3) is 4.98. The molecule has 2 aromatic rings. The molecule has 0 N–H and O–H groups in total. The van der Waals surface area contributed by atoms with Crippen molar-refractivity contribution in [2.75, 3.05) is 44.4 Å².